The standard InChI is InChI=1S/C16H35N3/c1-6-18(7-2)10-8-17-9-11-19-13-14(3)12-15(4)16(19)5/h14-17H,6-13H2,1-5H3. The predicted molar refractivity (Wildman–Crippen MR) is 84.6 cm³/mol. The van der Waals surface area contributed by atoms with E-state index in [2.05, 4.69) is 49.7 Å². The molecule has 1 N–H and O–H groups in total. The Morgan fingerprint density at radius 1 is 1.11 bits per heavy atom. The molecule has 0 aromatic carbocycles. The summed E-state index contributed by atoms with van der Waals surface area (Å²) >= 11 is 0. The minimum absolute atomic E-state index is 0.751. The third-order valence-corrected chi connectivity index (χ3v) is 4.79. The molecule has 1 aliphatic rings. The van der Waals surface area contributed by atoms with E-state index in [4.69, 9.17) is 0 Å². The largest absolute Gasteiger partial charge is 0.314 e. The van der Waals surface area contributed by atoms with E-state index >= 15 is 0 Å². The number of nitrogens with zero attached hydrogens (tertiary/aromatic N) is 2. The maximum atomic E-state index is 3.60. The van der Waals surface area contributed by atoms with Gasteiger partial charge in [-0.1, -0.05) is 27.7 Å². The maximum Gasteiger partial charge on any atom is 0.0110 e. The smallest absolute Gasteiger partial charge is 0.0110 e. The summed E-state index contributed by atoms with van der Waals surface area (Å²) in [6.07, 6.45) is 1.40. The van der Waals surface area contributed by atoms with Crippen molar-refractivity contribution in [3.63, 3.8) is 0 Å². The molecule has 0 amide bonds. The summed E-state index contributed by atoms with van der Waals surface area (Å²) in [6, 6.07) is 0.751. The molecule has 0 aromatic heterocycles. The van der Waals surface area contributed by atoms with E-state index in [-0.39, 0.29) is 0 Å². The molecule has 0 spiro atoms. The van der Waals surface area contributed by atoms with Crippen molar-refractivity contribution in [1.82, 2.24) is 15.1 Å². The Balaban J connectivity index is 2.14. The quantitative estimate of drug-likeness (QED) is 0.682. The van der Waals surface area contributed by atoms with Gasteiger partial charge < -0.3 is 10.2 Å². The molecule has 3 atom stereocenters. The van der Waals surface area contributed by atoms with Crippen LogP contribution in [0.1, 0.15) is 41.0 Å². The lowest BCUT2D eigenvalue weighted by atomic mass is 9.86. The molecule has 0 saturated carbocycles. The van der Waals surface area contributed by atoms with Crippen molar-refractivity contribution < 1.29 is 0 Å². The summed E-state index contributed by atoms with van der Waals surface area (Å²) in [6.45, 7) is 19.9. The Kier molecular flexibility index (Phi) is 7.96. The van der Waals surface area contributed by atoms with E-state index in [1.54, 1.807) is 0 Å². The molecule has 0 bridgehead atoms. The topological polar surface area (TPSA) is 18.5 Å². The molecule has 1 rings (SSSR count). The zero-order chi connectivity index (χ0) is 14.3. The van der Waals surface area contributed by atoms with Crippen LogP contribution in [0.25, 0.3) is 0 Å². The lowest BCUT2D eigenvalue weighted by Gasteiger charge is -2.41. The molecular weight excluding hydrogens is 234 g/mol. The van der Waals surface area contributed by atoms with Gasteiger partial charge in [0.15, 0.2) is 0 Å². The van der Waals surface area contributed by atoms with Gasteiger partial charge >= 0.3 is 0 Å². The van der Waals surface area contributed by atoms with Gasteiger partial charge in [0, 0.05) is 38.8 Å². The Morgan fingerprint density at radius 3 is 2.42 bits per heavy atom. The normalized spacial score (nSPS) is 29.1. The summed E-state index contributed by atoms with van der Waals surface area (Å²) in [7, 11) is 0. The predicted octanol–water partition coefficient (Wildman–Crippen LogP) is 2.28. The first-order valence-electron chi connectivity index (χ1n) is 8.25. The summed E-state index contributed by atoms with van der Waals surface area (Å²) < 4.78 is 0. The Morgan fingerprint density at radius 2 is 1.79 bits per heavy atom. The molecule has 19 heavy (non-hydrogen) atoms. The Hall–Kier alpha value is -0.120. The van der Waals surface area contributed by atoms with E-state index in [1.165, 1.54) is 26.1 Å². The molecule has 1 fully saturated rings. The van der Waals surface area contributed by atoms with Gasteiger partial charge in [0.1, 0.15) is 0 Å². The third kappa shape index (κ3) is 5.80. The highest BCUT2D eigenvalue weighted by atomic mass is 15.2. The van der Waals surface area contributed by atoms with Gasteiger partial charge in [-0.2, -0.15) is 0 Å². The van der Waals surface area contributed by atoms with Gasteiger partial charge in [0.25, 0.3) is 0 Å². The van der Waals surface area contributed by atoms with Crippen molar-refractivity contribution in [2.75, 3.05) is 45.8 Å². The first kappa shape index (κ1) is 16.9. The van der Waals surface area contributed by atoms with Crippen molar-refractivity contribution in [2.24, 2.45) is 11.8 Å². The van der Waals surface area contributed by atoms with Crippen LogP contribution >= 0.6 is 0 Å². The van der Waals surface area contributed by atoms with E-state index in [1.807, 2.05) is 0 Å². The van der Waals surface area contributed by atoms with Crippen LogP contribution in [-0.4, -0.2) is 61.7 Å². The molecule has 114 valence electrons. The first-order chi connectivity index (χ1) is 9.08. The van der Waals surface area contributed by atoms with Gasteiger partial charge in [-0.05, 0) is 38.3 Å². The lowest BCUT2D eigenvalue weighted by molar-refractivity contribution is 0.0806. The van der Waals surface area contributed by atoms with Gasteiger partial charge in [-0.15, -0.1) is 0 Å². The van der Waals surface area contributed by atoms with Gasteiger partial charge in [0.2, 0.25) is 0 Å². The summed E-state index contributed by atoms with van der Waals surface area (Å²) in [4.78, 5) is 5.14. The molecule has 1 aliphatic heterocycles. The fourth-order valence-electron chi connectivity index (χ4n) is 3.25. The second kappa shape index (κ2) is 8.93. The highest BCUT2D eigenvalue weighted by molar-refractivity contribution is 4.82. The molecule has 3 unspecified atom stereocenters. The molecule has 3 heteroatoms. The van der Waals surface area contributed by atoms with Crippen LogP contribution < -0.4 is 5.32 Å². The summed E-state index contributed by atoms with van der Waals surface area (Å²) in [5, 5.41) is 3.60. The molecule has 1 heterocycles. The zero-order valence-electron chi connectivity index (χ0n) is 13.8. The fourth-order valence-corrected chi connectivity index (χ4v) is 3.25. The Labute approximate surface area is 120 Å². The van der Waals surface area contributed by atoms with Crippen molar-refractivity contribution in [1.29, 1.82) is 0 Å². The number of rotatable bonds is 8. The Bertz CT molecular complexity index is 228. The average molecular weight is 269 g/mol. The highest BCUT2D eigenvalue weighted by Gasteiger charge is 2.27. The van der Waals surface area contributed by atoms with Crippen molar-refractivity contribution in [3.8, 4) is 0 Å². The number of likely N-dealkylation sites (N-methyl/N-ethyl adjacent to an activating group) is 1. The van der Waals surface area contributed by atoms with Crippen LogP contribution in [-0.2, 0) is 0 Å². The molecular formula is C16H35N3. The van der Waals surface area contributed by atoms with Gasteiger partial charge in [-0.25, -0.2) is 0 Å². The number of nitrogens with one attached hydrogen (secondary N) is 1. The second-order valence-electron chi connectivity index (χ2n) is 6.33. The number of piperidine rings is 1. The maximum absolute atomic E-state index is 3.60. The second-order valence-corrected chi connectivity index (χ2v) is 6.33. The van der Waals surface area contributed by atoms with Gasteiger partial charge in [-0.3, -0.25) is 4.90 Å². The van der Waals surface area contributed by atoms with Crippen molar-refractivity contribution >= 4 is 0 Å². The molecule has 0 radical (unpaired) electrons. The van der Waals surface area contributed by atoms with Crippen LogP contribution in [0.3, 0.4) is 0 Å². The minimum atomic E-state index is 0.751. The monoisotopic (exact) mass is 269 g/mol. The number of likely N-dealkylation sites (tertiary alicyclic amines) is 1. The lowest BCUT2D eigenvalue weighted by Crippen LogP contribution is -2.48. The molecule has 3 nitrogen and oxygen atoms in total. The number of hydrogen-bond donors (Lipinski definition) is 1. The van der Waals surface area contributed by atoms with Crippen LogP contribution in [0.4, 0.5) is 0 Å². The molecule has 0 aliphatic carbocycles. The third-order valence-electron chi connectivity index (χ3n) is 4.79. The van der Waals surface area contributed by atoms with Crippen LogP contribution in [0.15, 0.2) is 0 Å². The first-order valence-corrected chi connectivity index (χ1v) is 8.25. The number of hydrogen-bond acceptors (Lipinski definition) is 3. The van der Waals surface area contributed by atoms with Crippen molar-refractivity contribution in [2.45, 2.75) is 47.1 Å². The zero-order valence-corrected chi connectivity index (χ0v) is 13.8. The van der Waals surface area contributed by atoms with E-state index in [0.29, 0.717) is 0 Å². The van der Waals surface area contributed by atoms with Crippen molar-refractivity contribution in [3.05, 3.63) is 0 Å². The fraction of sp³-hybridized carbons (Fsp3) is 1.00. The van der Waals surface area contributed by atoms with E-state index in [9.17, 15) is 0 Å². The highest BCUT2D eigenvalue weighted by Crippen LogP contribution is 2.26. The van der Waals surface area contributed by atoms with Crippen LogP contribution in [0.5, 0.6) is 0 Å². The SMILES string of the molecule is CCN(CC)CCNCCN1CC(C)CC(C)C1C. The molecule has 1 saturated heterocycles. The van der Waals surface area contributed by atoms with Crippen LogP contribution in [0.2, 0.25) is 0 Å². The van der Waals surface area contributed by atoms with E-state index in [0.717, 1.165) is 44.1 Å². The molecule has 0 aromatic rings. The van der Waals surface area contributed by atoms with E-state index < -0.39 is 0 Å². The van der Waals surface area contributed by atoms with Gasteiger partial charge in [0.05, 0.1) is 0 Å². The van der Waals surface area contributed by atoms with Crippen LogP contribution in [0, 0.1) is 11.8 Å². The summed E-state index contributed by atoms with van der Waals surface area (Å²) in [5.74, 6) is 1.71. The minimum Gasteiger partial charge on any atom is -0.314 e. The average Bonchev–Trinajstić information content (AvgIpc) is 2.39. The summed E-state index contributed by atoms with van der Waals surface area (Å²) in [5.41, 5.74) is 0.